The van der Waals surface area contributed by atoms with E-state index in [1.54, 1.807) is 12.1 Å². The van der Waals surface area contributed by atoms with Crippen LogP contribution in [0.1, 0.15) is 5.56 Å². The second-order valence-corrected chi connectivity index (χ2v) is 5.29. The maximum absolute atomic E-state index is 13.6. The molecule has 0 aliphatic heterocycles. The summed E-state index contributed by atoms with van der Waals surface area (Å²) in [6, 6.07) is 9.94. The Bertz CT molecular complexity index is 634. The molecular weight excluding hydrogens is 283 g/mol. The highest BCUT2D eigenvalue weighted by Crippen LogP contribution is 2.23. The number of halogens is 1. The summed E-state index contributed by atoms with van der Waals surface area (Å²) in [5.41, 5.74) is 1.27. The molecule has 0 fully saturated rings. The average Bonchev–Trinajstić information content (AvgIpc) is 2.41. The monoisotopic (exact) mass is 294 g/mol. The molecule has 104 valence electrons. The van der Waals surface area contributed by atoms with Crippen molar-refractivity contribution >= 4 is 22.7 Å². The zero-order valence-corrected chi connectivity index (χ0v) is 11.3. The topological polar surface area (TPSA) is 78.2 Å². The van der Waals surface area contributed by atoms with Crippen LogP contribution >= 0.6 is 0 Å². The fourth-order valence-electron chi connectivity index (χ4n) is 1.53. The molecule has 0 aliphatic rings. The molecule has 0 aromatic heterocycles. The van der Waals surface area contributed by atoms with Crippen LogP contribution in [0, 0.1) is 22.9 Å². The minimum Gasteiger partial charge on any atom is -0.588 e. The third-order valence-corrected chi connectivity index (χ3v) is 3.72. The summed E-state index contributed by atoms with van der Waals surface area (Å²) in [5.74, 6) is -0.756. The first kappa shape index (κ1) is 14.3. The zero-order valence-electron chi connectivity index (χ0n) is 10.5. The van der Waals surface area contributed by atoms with Crippen LogP contribution in [-0.2, 0) is 11.4 Å². The van der Waals surface area contributed by atoms with Gasteiger partial charge in [0.15, 0.2) is 5.82 Å². The van der Waals surface area contributed by atoms with Crippen molar-refractivity contribution in [2.45, 2.75) is 11.8 Å². The summed E-state index contributed by atoms with van der Waals surface area (Å²) in [7, 11) is 0. The van der Waals surface area contributed by atoms with Crippen molar-refractivity contribution < 1.29 is 13.9 Å². The third-order valence-electron chi connectivity index (χ3n) is 2.59. The standard InChI is InChI=1S/C13H11FN2O3S/c1-9-2-4-10(5-3-9)15-20(19)13-8-11(16(17)18)6-7-12(13)14/h2-8,15H,1H3. The van der Waals surface area contributed by atoms with E-state index >= 15 is 0 Å². The summed E-state index contributed by atoms with van der Waals surface area (Å²) in [6.45, 7) is 1.90. The lowest BCUT2D eigenvalue weighted by atomic mass is 10.2. The highest BCUT2D eigenvalue weighted by Gasteiger charge is 2.21. The molecule has 20 heavy (non-hydrogen) atoms. The number of rotatable bonds is 4. The van der Waals surface area contributed by atoms with Gasteiger partial charge in [-0.2, -0.15) is 0 Å². The lowest BCUT2D eigenvalue weighted by Crippen LogP contribution is -2.15. The second kappa shape index (κ2) is 5.89. The van der Waals surface area contributed by atoms with Gasteiger partial charge >= 0.3 is 0 Å². The van der Waals surface area contributed by atoms with Gasteiger partial charge in [0.1, 0.15) is 11.4 Å². The first-order valence-electron chi connectivity index (χ1n) is 5.66. The maximum Gasteiger partial charge on any atom is 0.274 e. The van der Waals surface area contributed by atoms with Crippen LogP contribution in [0.15, 0.2) is 47.4 Å². The largest absolute Gasteiger partial charge is 0.588 e. The second-order valence-electron chi connectivity index (χ2n) is 4.11. The molecule has 1 atom stereocenters. The van der Waals surface area contributed by atoms with Gasteiger partial charge in [-0.1, -0.05) is 17.7 Å². The molecule has 0 saturated heterocycles. The number of nitro benzene ring substituents is 1. The van der Waals surface area contributed by atoms with Crippen molar-refractivity contribution in [2.75, 3.05) is 4.72 Å². The van der Waals surface area contributed by atoms with Crippen molar-refractivity contribution in [3.05, 3.63) is 64.0 Å². The van der Waals surface area contributed by atoms with E-state index in [-0.39, 0.29) is 10.6 Å². The van der Waals surface area contributed by atoms with Crippen LogP contribution in [0.2, 0.25) is 0 Å². The Kier molecular flexibility index (Phi) is 4.21. The van der Waals surface area contributed by atoms with E-state index in [4.69, 9.17) is 0 Å². The summed E-state index contributed by atoms with van der Waals surface area (Å²) >= 11 is -1.91. The molecule has 5 nitrogen and oxygen atoms in total. The molecule has 0 spiro atoms. The van der Waals surface area contributed by atoms with E-state index in [2.05, 4.69) is 4.72 Å². The van der Waals surface area contributed by atoms with Crippen molar-refractivity contribution in [3.63, 3.8) is 0 Å². The van der Waals surface area contributed by atoms with Gasteiger partial charge in [-0.3, -0.25) is 10.1 Å². The van der Waals surface area contributed by atoms with Gasteiger partial charge in [-0.05, 0) is 25.1 Å². The van der Waals surface area contributed by atoms with Crippen molar-refractivity contribution in [2.24, 2.45) is 0 Å². The Morgan fingerprint density at radius 3 is 2.45 bits per heavy atom. The van der Waals surface area contributed by atoms with Crippen molar-refractivity contribution in [1.82, 2.24) is 0 Å². The quantitative estimate of drug-likeness (QED) is 0.533. The lowest BCUT2D eigenvalue weighted by molar-refractivity contribution is -0.385. The minimum absolute atomic E-state index is 0.250. The van der Waals surface area contributed by atoms with E-state index in [1.165, 1.54) is 0 Å². The zero-order chi connectivity index (χ0) is 14.7. The average molecular weight is 294 g/mol. The van der Waals surface area contributed by atoms with Gasteiger partial charge in [-0.25, -0.2) is 9.11 Å². The molecular formula is C13H11FN2O3S. The summed E-state index contributed by atoms with van der Waals surface area (Å²) < 4.78 is 28.2. The number of non-ortho nitro benzene ring substituents is 1. The van der Waals surface area contributed by atoms with E-state index in [0.29, 0.717) is 5.69 Å². The van der Waals surface area contributed by atoms with Gasteiger partial charge in [0.25, 0.3) is 5.69 Å². The molecule has 2 aromatic carbocycles. The Labute approximate surface area is 117 Å². The number of aryl methyl sites for hydroxylation is 1. The minimum atomic E-state index is -1.91. The number of hydrogen-bond acceptors (Lipinski definition) is 4. The first-order chi connectivity index (χ1) is 9.47. The summed E-state index contributed by atoms with van der Waals surface area (Å²) in [6.07, 6.45) is 0. The molecule has 0 saturated carbocycles. The number of nitrogens with zero attached hydrogens (tertiary/aromatic N) is 1. The van der Waals surface area contributed by atoms with Gasteiger partial charge in [-0.15, -0.1) is 0 Å². The molecule has 2 aromatic rings. The number of nitro groups is 1. The number of hydrogen-bond donors (Lipinski definition) is 1. The Balaban J connectivity index is 2.24. The van der Waals surface area contributed by atoms with Gasteiger partial charge in [0.2, 0.25) is 4.90 Å². The Morgan fingerprint density at radius 2 is 1.85 bits per heavy atom. The fraction of sp³-hybridized carbons (Fsp3) is 0.0769. The molecule has 0 heterocycles. The number of anilines is 1. The van der Waals surface area contributed by atoms with Crippen LogP contribution < -0.4 is 4.72 Å². The molecule has 0 radical (unpaired) electrons. The predicted octanol–water partition coefficient (Wildman–Crippen LogP) is 3.18. The van der Waals surface area contributed by atoms with Crippen LogP contribution in [0.25, 0.3) is 0 Å². The van der Waals surface area contributed by atoms with Gasteiger partial charge < -0.3 is 4.55 Å². The van der Waals surface area contributed by atoms with Crippen molar-refractivity contribution in [3.8, 4) is 0 Å². The van der Waals surface area contributed by atoms with E-state index in [1.807, 2.05) is 19.1 Å². The van der Waals surface area contributed by atoms with Gasteiger partial charge in [0.05, 0.1) is 16.7 Å². The van der Waals surface area contributed by atoms with Crippen LogP contribution in [0.5, 0.6) is 0 Å². The third kappa shape index (κ3) is 3.25. The predicted molar refractivity (Wildman–Crippen MR) is 74.3 cm³/mol. The summed E-state index contributed by atoms with van der Waals surface area (Å²) in [5, 5.41) is 10.6. The maximum atomic E-state index is 13.6. The Hall–Kier alpha value is -2.12. The molecule has 7 heteroatoms. The first-order valence-corrected chi connectivity index (χ1v) is 6.81. The van der Waals surface area contributed by atoms with Crippen LogP contribution in [0.3, 0.4) is 0 Å². The number of nitrogens with one attached hydrogen (secondary N) is 1. The normalized spacial score (nSPS) is 11.9. The van der Waals surface area contributed by atoms with E-state index in [0.717, 1.165) is 23.8 Å². The highest BCUT2D eigenvalue weighted by molar-refractivity contribution is 7.92. The van der Waals surface area contributed by atoms with Crippen molar-refractivity contribution in [1.29, 1.82) is 0 Å². The van der Waals surface area contributed by atoms with Crippen LogP contribution in [0.4, 0.5) is 15.8 Å². The lowest BCUT2D eigenvalue weighted by Gasteiger charge is -2.12. The highest BCUT2D eigenvalue weighted by atomic mass is 32.2. The van der Waals surface area contributed by atoms with E-state index < -0.39 is 22.1 Å². The molecule has 1 unspecified atom stereocenters. The Morgan fingerprint density at radius 1 is 1.20 bits per heavy atom. The molecule has 0 aliphatic carbocycles. The van der Waals surface area contributed by atoms with E-state index in [9.17, 15) is 19.1 Å². The molecule has 0 bridgehead atoms. The smallest absolute Gasteiger partial charge is 0.274 e. The molecule has 1 N–H and O–H groups in total. The molecule has 0 amide bonds. The van der Waals surface area contributed by atoms with Gasteiger partial charge in [0, 0.05) is 6.07 Å². The molecule has 2 rings (SSSR count). The fourth-order valence-corrected chi connectivity index (χ4v) is 2.46. The number of benzene rings is 2. The summed E-state index contributed by atoms with van der Waals surface area (Å²) in [4.78, 5) is 9.74. The van der Waals surface area contributed by atoms with Crippen LogP contribution in [-0.4, -0.2) is 9.48 Å². The SMILES string of the molecule is Cc1ccc(N[S+]([O-])c2cc([N+](=O)[O-])ccc2F)cc1.